The monoisotopic (exact) mass is 487 g/mol. The molecule has 35 heavy (non-hydrogen) atoms. The van der Waals surface area contributed by atoms with Gasteiger partial charge in [0.15, 0.2) is 0 Å². The average Bonchev–Trinajstić information content (AvgIpc) is 3.50. The molecule has 2 unspecified atom stereocenters. The molecule has 2 atom stereocenters. The molecule has 0 radical (unpaired) electrons. The van der Waals surface area contributed by atoms with E-state index in [-0.39, 0.29) is 17.2 Å². The summed E-state index contributed by atoms with van der Waals surface area (Å²) in [7, 11) is -3.31. The maximum absolute atomic E-state index is 13.4. The molecule has 3 aromatic carbocycles. The van der Waals surface area contributed by atoms with E-state index >= 15 is 0 Å². The lowest BCUT2D eigenvalue weighted by Gasteiger charge is -2.32. The summed E-state index contributed by atoms with van der Waals surface area (Å²) in [5.41, 5.74) is 6.14. The van der Waals surface area contributed by atoms with E-state index in [0.29, 0.717) is 13.1 Å². The molecule has 1 fully saturated rings. The highest BCUT2D eigenvalue weighted by molar-refractivity contribution is 7.88. The number of nitrogens with zero attached hydrogens (tertiary/aromatic N) is 3. The first-order valence-electron chi connectivity index (χ1n) is 11.7. The van der Waals surface area contributed by atoms with Crippen LogP contribution in [0, 0.1) is 18.7 Å². The molecule has 1 saturated heterocycles. The number of fused-ring (bicyclic) bond motifs is 2. The fourth-order valence-corrected chi connectivity index (χ4v) is 6.81. The van der Waals surface area contributed by atoms with Gasteiger partial charge in [-0.2, -0.15) is 5.10 Å². The summed E-state index contributed by atoms with van der Waals surface area (Å²) in [6.45, 7) is 3.04. The van der Waals surface area contributed by atoms with E-state index < -0.39 is 10.0 Å². The van der Waals surface area contributed by atoms with Crippen molar-refractivity contribution in [2.75, 3.05) is 19.3 Å². The van der Waals surface area contributed by atoms with Gasteiger partial charge in [-0.3, -0.25) is 0 Å². The SMILES string of the molecule is Cc1cc2c(cnn2-c2ccc(F)cc2)cc1C12CC(c3ccccc3)=CC1CN(S(C)(=O)=O)C2. The fraction of sp³-hybridized carbons (Fsp3) is 0.250. The quantitative estimate of drug-likeness (QED) is 0.403. The van der Waals surface area contributed by atoms with E-state index in [1.54, 1.807) is 16.4 Å². The molecule has 2 aliphatic rings. The summed E-state index contributed by atoms with van der Waals surface area (Å²) >= 11 is 0. The second-order valence-corrected chi connectivity index (χ2v) is 11.8. The summed E-state index contributed by atoms with van der Waals surface area (Å²) in [6, 6.07) is 20.9. The summed E-state index contributed by atoms with van der Waals surface area (Å²) in [6.07, 6.45) is 6.20. The Morgan fingerprint density at radius 1 is 1.06 bits per heavy atom. The predicted molar refractivity (Wildman–Crippen MR) is 136 cm³/mol. The molecule has 5 nitrogen and oxygen atoms in total. The van der Waals surface area contributed by atoms with Crippen molar-refractivity contribution in [2.24, 2.45) is 5.92 Å². The van der Waals surface area contributed by atoms with Gasteiger partial charge >= 0.3 is 0 Å². The van der Waals surface area contributed by atoms with Gasteiger partial charge in [0.1, 0.15) is 5.82 Å². The second kappa shape index (κ2) is 7.86. The van der Waals surface area contributed by atoms with Crippen molar-refractivity contribution >= 4 is 26.5 Å². The van der Waals surface area contributed by atoms with Gasteiger partial charge in [0.05, 0.1) is 23.7 Å². The van der Waals surface area contributed by atoms with Gasteiger partial charge in [-0.25, -0.2) is 21.8 Å². The number of benzene rings is 3. The molecule has 0 saturated carbocycles. The van der Waals surface area contributed by atoms with Gasteiger partial charge in [0, 0.05) is 29.8 Å². The second-order valence-electron chi connectivity index (χ2n) is 9.81. The molecule has 1 aliphatic carbocycles. The summed E-state index contributed by atoms with van der Waals surface area (Å²) in [5, 5.41) is 5.56. The van der Waals surface area contributed by atoms with E-state index in [0.717, 1.165) is 28.6 Å². The molecule has 0 N–H and O–H groups in total. The van der Waals surface area contributed by atoms with Crippen molar-refractivity contribution in [2.45, 2.75) is 18.8 Å². The molecular weight excluding hydrogens is 461 g/mol. The van der Waals surface area contributed by atoms with Crippen LogP contribution in [0.4, 0.5) is 4.39 Å². The van der Waals surface area contributed by atoms with Crippen molar-refractivity contribution in [3.8, 4) is 5.69 Å². The van der Waals surface area contributed by atoms with Gasteiger partial charge in [-0.15, -0.1) is 0 Å². The van der Waals surface area contributed by atoms with Crippen LogP contribution < -0.4 is 0 Å². The Bertz CT molecular complexity index is 1580. The van der Waals surface area contributed by atoms with Crippen molar-refractivity contribution in [3.63, 3.8) is 0 Å². The van der Waals surface area contributed by atoms with Gasteiger partial charge in [-0.1, -0.05) is 36.4 Å². The van der Waals surface area contributed by atoms with Crippen LogP contribution in [0.2, 0.25) is 0 Å². The maximum atomic E-state index is 13.4. The Labute approximate surface area is 204 Å². The lowest BCUT2D eigenvalue weighted by atomic mass is 9.71. The van der Waals surface area contributed by atoms with Gasteiger partial charge in [0.2, 0.25) is 10.0 Å². The number of halogens is 1. The van der Waals surface area contributed by atoms with Gasteiger partial charge in [0.25, 0.3) is 0 Å². The highest BCUT2D eigenvalue weighted by atomic mass is 32.2. The Hall–Kier alpha value is -3.29. The molecule has 0 amide bonds. The van der Waals surface area contributed by atoms with Crippen LogP contribution in [0.25, 0.3) is 22.2 Å². The summed E-state index contributed by atoms with van der Waals surface area (Å²) in [5.74, 6) is -0.191. The molecule has 4 aromatic rings. The largest absolute Gasteiger partial charge is 0.233 e. The Balaban J connectivity index is 1.47. The van der Waals surface area contributed by atoms with Crippen LogP contribution in [0.5, 0.6) is 0 Å². The molecule has 7 heteroatoms. The zero-order chi connectivity index (χ0) is 24.4. The minimum atomic E-state index is -3.31. The molecule has 1 aromatic heterocycles. The zero-order valence-corrected chi connectivity index (χ0v) is 20.5. The number of hydrogen-bond donors (Lipinski definition) is 0. The minimum Gasteiger partial charge on any atom is -0.233 e. The Morgan fingerprint density at radius 3 is 2.51 bits per heavy atom. The number of sulfonamides is 1. The third-order valence-electron chi connectivity index (χ3n) is 7.61. The third kappa shape index (κ3) is 3.61. The Morgan fingerprint density at radius 2 is 1.80 bits per heavy atom. The van der Waals surface area contributed by atoms with Crippen molar-refractivity contribution in [1.29, 1.82) is 0 Å². The van der Waals surface area contributed by atoms with Crippen LogP contribution in [0.15, 0.2) is 79.0 Å². The molecule has 0 spiro atoms. The van der Waals surface area contributed by atoms with Crippen LogP contribution in [0.1, 0.15) is 23.1 Å². The molecule has 1 aliphatic heterocycles. The molecule has 0 bridgehead atoms. The average molecular weight is 488 g/mol. The number of hydrogen-bond acceptors (Lipinski definition) is 3. The van der Waals surface area contributed by atoms with Crippen LogP contribution in [-0.4, -0.2) is 41.8 Å². The van der Waals surface area contributed by atoms with Crippen LogP contribution in [-0.2, 0) is 15.4 Å². The first kappa shape index (κ1) is 22.2. The lowest BCUT2D eigenvalue weighted by Crippen LogP contribution is -2.35. The molecule has 2 heterocycles. The van der Waals surface area contributed by atoms with Crippen LogP contribution in [0.3, 0.4) is 0 Å². The summed E-state index contributed by atoms with van der Waals surface area (Å²) in [4.78, 5) is 0. The number of rotatable bonds is 4. The first-order valence-corrected chi connectivity index (χ1v) is 13.6. The van der Waals surface area contributed by atoms with Crippen molar-refractivity contribution in [1.82, 2.24) is 14.1 Å². The standard InChI is InChI=1S/C28H26FN3O2S/c1-19-12-27-22(16-30-32(27)25-10-8-24(29)9-11-25)14-26(19)28-15-21(20-6-4-3-5-7-20)13-23(28)17-31(18-28)35(2,33)34/h3-14,16,23H,15,17-18H2,1-2H3. The van der Waals surface area contributed by atoms with E-state index in [1.807, 2.05) is 29.1 Å². The van der Waals surface area contributed by atoms with Gasteiger partial charge < -0.3 is 0 Å². The van der Waals surface area contributed by atoms with E-state index in [1.165, 1.54) is 35.1 Å². The molecule has 6 rings (SSSR count). The normalized spacial score (nSPS) is 22.5. The zero-order valence-electron chi connectivity index (χ0n) is 19.6. The fourth-order valence-electron chi connectivity index (χ4n) is 5.92. The number of allylic oxidation sites excluding steroid dienone is 1. The van der Waals surface area contributed by atoms with Crippen LogP contribution >= 0.6 is 0 Å². The maximum Gasteiger partial charge on any atom is 0.211 e. The smallest absolute Gasteiger partial charge is 0.211 e. The number of aromatic nitrogens is 2. The highest BCUT2D eigenvalue weighted by Crippen LogP contribution is 2.53. The minimum absolute atomic E-state index is 0.0933. The molecule has 178 valence electrons. The van der Waals surface area contributed by atoms with Crippen molar-refractivity contribution in [3.05, 3.63) is 102 Å². The third-order valence-corrected chi connectivity index (χ3v) is 8.83. The van der Waals surface area contributed by atoms with E-state index in [9.17, 15) is 12.8 Å². The van der Waals surface area contributed by atoms with Crippen molar-refractivity contribution < 1.29 is 12.8 Å². The topological polar surface area (TPSA) is 55.2 Å². The predicted octanol–water partition coefficient (Wildman–Crippen LogP) is 5.09. The molecular formula is C28H26FN3O2S. The summed E-state index contributed by atoms with van der Waals surface area (Å²) < 4.78 is 42.0. The van der Waals surface area contributed by atoms with E-state index in [2.05, 4.69) is 42.4 Å². The number of aryl methyl sites for hydroxylation is 1. The lowest BCUT2D eigenvalue weighted by molar-refractivity contribution is 0.410. The Kier molecular flexibility index (Phi) is 4.99. The van der Waals surface area contributed by atoms with Gasteiger partial charge in [-0.05, 0) is 72.0 Å². The first-order chi connectivity index (χ1) is 16.7. The highest BCUT2D eigenvalue weighted by Gasteiger charge is 2.53. The van der Waals surface area contributed by atoms with E-state index in [4.69, 9.17) is 0 Å².